The maximum absolute atomic E-state index is 13.5. The number of para-hydroxylation sites is 1. The van der Waals surface area contributed by atoms with E-state index >= 15 is 0 Å². The Morgan fingerprint density at radius 1 is 0.737 bits per heavy atom. The normalized spacial score (nSPS) is 13.1. The first-order valence-electron chi connectivity index (χ1n) is 11.8. The quantitative estimate of drug-likeness (QED) is 0.144. The van der Waals surface area contributed by atoms with Crippen LogP contribution < -0.4 is 0 Å². The summed E-state index contributed by atoms with van der Waals surface area (Å²) in [6, 6.07) is 29.5. The van der Waals surface area contributed by atoms with E-state index < -0.39 is 0 Å². The van der Waals surface area contributed by atoms with Crippen LogP contribution in [-0.4, -0.2) is 21.1 Å². The highest BCUT2D eigenvalue weighted by Gasteiger charge is 2.34. The number of rotatable bonds is 3. The van der Waals surface area contributed by atoms with Crippen molar-refractivity contribution in [3.05, 3.63) is 122 Å². The average molecular weight is 640 g/mol. The third kappa shape index (κ3) is 3.73. The predicted molar refractivity (Wildman–Crippen MR) is 160 cm³/mol. The van der Waals surface area contributed by atoms with Crippen molar-refractivity contribution in [1.29, 1.82) is 0 Å². The second-order valence-electron chi connectivity index (χ2n) is 9.04. The summed E-state index contributed by atoms with van der Waals surface area (Å²) in [6.07, 6.45) is 1.71. The van der Waals surface area contributed by atoms with Crippen LogP contribution in [0.4, 0.5) is 0 Å². The van der Waals surface area contributed by atoms with Crippen LogP contribution in [0.3, 0.4) is 0 Å². The molecule has 0 N–H and O–H groups in total. The van der Waals surface area contributed by atoms with Gasteiger partial charge in [-0.1, -0.05) is 48.5 Å². The van der Waals surface area contributed by atoms with Gasteiger partial charge in [0, 0.05) is 31.3 Å². The number of hydrogen-bond acceptors (Lipinski definition) is 4. The van der Waals surface area contributed by atoms with E-state index in [9.17, 15) is 9.59 Å². The van der Waals surface area contributed by atoms with Gasteiger partial charge in [-0.05, 0) is 91.2 Å². The van der Waals surface area contributed by atoms with E-state index in [2.05, 4.69) is 31.9 Å². The van der Waals surface area contributed by atoms with Crippen molar-refractivity contribution in [3.8, 4) is 16.3 Å². The number of fused-ring (bicyclic) bond motifs is 3. The first-order chi connectivity index (χ1) is 18.5. The van der Waals surface area contributed by atoms with Crippen LogP contribution in [0.25, 0.3) is 43.5 Å². The van der Waals surface area contributed by atoms with Gasteiger partial charge in [0.1, 0.15) is 5.01 Å². The largest absolute Gasteiger partial charge is 0.294 e. The molecule has 1 aliphatic carbocycles. The molecule has 7 rings (SSSR count). The number of Topliss-reactive ketones (excluding diaryl/α,β-unsaturated/α-hetero) is 2. The summed E-state index contributed by atoms with van der Waals surface area (Å²) < 4.78 is 4.77. The van der Waals surface area contributed by atoms with Crippen LogP contribution >= 0.6 is 43.2 Å². The smallest absolute Gasteiger partial charge is 0.197 e. The lowest BCUT2D eigenvalue weighted by molar-refractivity contribution is 0.0990. The number of benzene rings is 4. The number of ketones is 2. The van der Waals surface area contributed by atoms with Crippen molar-refractivity contribution in [2.75, 3.05) is 0 Å². The lowest BCUT2D eigenvalue weighted by Gasteiger charge is -2.07. The van der Waals surface area contributed by atoms with Gasteiger partial charge in [0.2, 0.25) is 0 Å². The topological polar surface area (TPSA) is 52.0 Å². The number of allylic oxidation sites excluding steroid dienone is 1. The van der Waals surface area contributed by atoms with E-state index in [0.717, 1.165) is 52.0 Å². The zero-order chi connectivity index (χ0) is 26.0. The van der Waals surface area contributed by atoms with Crippen LogP contribution in [0, 0.1) is 0 Å². The third-order valence-corrected chi connectivity index (χ3v) is 9.59. The van der Waals surface area contributed by atoms with Crippen LogP contribution in [0.15, 0.2) is 106 Å². The maximum atomic E-state index is 13.5. The Labute approximate surface area is 238 Å². The predicted octanol–water partition coefficient (Wildman–Crippen LogP) is 8.89. The molecule has 0 fully saturated rings. The summed E-state index contributed by atoms with van der Waals surface area (Å²) in [5.41, 5.74) is 4.54. The molecule has 6 aromatic rings. The number of carbonyl (C=O) groups is 2. The number of thiazole rings is 1. The van der Waals surface area contributed by atoms with Gasteiger partial charge in [-0.15, -0.1) is 11.3 Å². The van der Waals surface area contributed by atoms with Gasteiger partial charge in [-0.3, -0.25) is 14.2 Å². The number of nitrogens with zero attached hydrogens (tertiary/aromatic N) is 2. The molecule has 0 radical (unpaired) electrons. The molecule has 7 heteroatoms. The fourth-order valence-electron chi connectivity index (χ4n) is 4.90. The molecular formula is C31H16Br2N2O2S. The molecule has 0 unspecified atom stereocenters. The summed E-state index contributed by atoms with van der Waals surface area (Å²) in [4.78, 5) is 32.0. The molecule has 0 bridgehead atoms. The van der Waals surface area contributed by atoms with E-state index in [4.69, 9.17) is 4.98 Å². The van der Waals surface area contributed by atoms with Crippen molar-refractivity contribution in [2.24, 2.45) is 0 Å². The van der Waals surface area contributed by atoms with Crippen molar-refractivity contribution in [2.45, 2.75) is 0 Å². The highest BCUT2D eigenvalue weighted by molar-refractivity contribution is 9.13. The first-order valence-corrected chi connectivity index (χ1v) is 14.3. The van der Waals surface area contributed by atoms with Crippen molar-refractivity contribution in [1.82, 2.24) is 9.55 Å². The Kier molecular flexibility index (Phi) is 5.54. The molecule has 38 heavy (non-hydrogen) atoms. The van der Waals surface area contributed by atoms with E-state index in [1.165, 1.54) is 0 Å². The molecule has 0 aliphatic heterocycles. The van der Waals surface area contributed by atoms with Crippen molar-refractivity contribution >= 4 is 82.0 Å². The minimum atomic E-state index is -0.256. The van der Waals surface area contributed by atoms with Gasteiger partial charge in [-0.25, -0.2) is 4.98 Å². The summed E-state index contributed by atoms with van der Waals surface area (Å²) in [5, 5.41) is 2.71. The zero-order valence-corrected chi connectivity index (χ0v) is 23.6. The molecule has 0 saturated carbocycles. The molecular weight excluding hydrogens is 624 g/mol. The van der Waals surface area contributed by atoms with Crippen LogP contribution in [-0.2, 0) is 0 Å². The fourth-order valence-corrected chi connectivity index (χ4v) is 6.62. The Morgan fingerprint density at radius 2 is 1.32 bits per heavy atom. The van der Waals surface area contributed by atoms with Gasteiger partial charge in [0.25, 0.3) is 0 Å². The monoisotopic (exact) mass is 638 g/mol. The van der Waals surface area contributed by atoms with Crippen LogP contribution in [0.5, 0.6) is 0 Å². The molecule has 2 heterocycles. The van der Waals surface area contributed by atoms with Gasteiger partial charge in [-0.2, -0.15) is 0 Å². The summed E-state index contributed by atoms with van der Waals surface area (Å²) in [6.45, 7) is 0. The Balaban J connectivity index is 1.39. The molecule has 182 valence electrons. The number of halogens is 2. The number of hydrogen-bond donors (Lipinski definition) is 0. The highest BCUT2D eigenvalue weighted by atomic mass is 79.9. The lowest BCUT2D eigenvalue weighted by atomic mass is 10.0. The lowest BCUT2D eigenvalue weighted by Crippen LogP contribution is -2.03. The Morgan fingerprint density at radius 3 is 1.92 bits per heavy atom. The summed E-state index contributed by atoms with van der Waals surface area (Å²) in [5.74, 6) is -0.513. The van der Waals surface area contributed by atoms with Crippen molar-refractivity contribution < 1.29 is 9.59 Å². The van der Waals surface area contributed by atoms with E-state index in [1.54, 1.807) is 17.4 Å². The Bertz CT molecular complexity index is 1910. The average Bonchev–Trinajstić information content (AvgIpc) is 3.56. The number of carbonyl (C=O) groups excluding carboxylic acids is 2. The molecule has 4 aromatic carbocycles. The molecule has 0 saturated heterocycles. The number of aromatic nitrogens is 2. The van der Waals surface area contributed by atoms with Crippen LogP contribution in [0.1, 0.15) is 26.4 Å². The summed E-state index contributed by atoms with van der Waals surface area (Å²) in [7, 11) is 0. The minimum Gasteiger partial charge on any atom is -0.294 e. The molecule has 1 aliphatic rings. The fraction of sp³-hybridized carbons (Fsp3) is 0. The standard InChI is InChI=1S/C31H16Br2N2O2S/c32-25-13-18-11-22-23(12-19(18)14-26(25)33)29(37)24(28(22)36)15-21-16-27-30(35(21)20-9-5-2-6-10-20)34-31(38-27)17-7-3-1-4-8-17/h1-16H. The van der Waals surface area contributed by atoms with Crippen molar-refractivity contribution in [3.63, 3.8) is 0 Å². The minimum absolute atomic E-state index is 0.166. The molecule has 2 aromatic heterocycles. The molecule has 0 spiro atoms. The van der Waals surface area contributed by atoms with Gasteiger partial charge in [0.15, 0.2) is 17.2 Å². The maximum Gasteiger partial charge on any atom is 0.197 e. The SMILES string of the molecule is O=C1C(=Cc2cc3sc(-c4ccccc4)nc3n2-c2ccccc2)C(=O)c2cc3cc(Br)c(Br)cc3cc21. The highest BCUT2D eigenvalue weighted by Crippen LogP contribution is 2.38. The second kappa shape index (κ2) is 8.98. The van der Waals surface area contributed by atoms with Crippen LogP contribution in [0.2, 0.25) is 0 Å². The molecule has 0 atom stereocenters. The van der Waals surface area contributed by atoms with E-state index in [-0.39, 0.29) is 17.1 Å². The molecule has 4 nitrogen and oxygen atoms in total. The van der Waals surface area contributed by atoms with E-state index in [0.29, 0.717) is 11.1 Å². The third-order valence-electron chi connectivity index (χ3n) is 6.71. The molecule has 0 amide bonds. The first kappa shape index (κ1) is 23.5. The van der Waals surface area contributed by atoms with E-state index in [1.807, 2.05) is 95.6 Å². The van der Waals surface area contributed by atoms with Gasteiger partial charge < -0.3 is 0 Å². The second-order valence-corrected chi connectivity index (χ2v) is 11.8. The van der Waals surface area contributed by atoms with Gasteiger partial charge >= 0.3 is 0 Å². The summed E-state index contributed by atoms with van der Waals surface area (Å²) >= 11 is 8.64. The van der Waals surface area contributed by atoms with Gasteiger partial charge in [0.05, 0.1) is 16.0 Å². The zero-order valence-electron chi connectivity index (χ0n) is 19.6. The Hall–Kier alpha value is -3.65.